The fourth-order valence-corrected chi connectivity index (χ4v) is 1.03. The maximum absolute atomic E-state index is 12.2. The van der Waals surface area contributed by atoms with Gasteiger partial charge in [-0.1, -0.05) is 12.1 Å². The van der Waals surface area contributed by atoms with Crippen molar-refractivity contribution in [3.05, 3.63) is 35.4 Å². The van der Waals surface area contributed by atoms with E-state index in [9.17, 15) is 18.0 Å². The Labute approximate surface area is 89.0 Å². The molecule has 0 radical (unpaired) electrons. The highest BCUT2D eigenvalue weighted by Gasteiger charge is 2.29. The normalized spacial score (nSPS) is 11.2. The average Bonchev–Trinajstić information content (AvgIpc) is 2.16. The first kappa shape index (κ1) is 12.3. The van der Waals surface area contributed by atoms with Gasteiger partial charge in [0.25, 0.3) is 0 Å². The van der Waals surface area contributed by atoms with E-state index < -0.39 is 17.8 Å². The van der Waals surface area contributed by atoms with Gasteiger partial charge in [-0.25, -0.2) is 10.2 Å². The van der Waals surface area contributed by atoms with E-state index in [-0.39, 0.29) is 6.54 Å². The summed E-state index contributed by atoms with van der Waals surface area (Å²) in [6.45, 7) is 0.116. The van der Waals surface area contributed by atoms with Crippen molar-refractivity contribution in [2.45, 2.75) is 12.7 Å². The van der Waals surface area contributed by atoms with E-state index in [1.165, 1.54) is 12.1 Å². The van der Waals surface area contributed by atoms with Gasteiger partial charge in [0.1, 0.15) is 0 Å². The van der Waals surface area contributed by atoms with Gasteiger partial charge in [-0.05, 0) is 17.7 Å². The second-order valence-corrected chi connectivity index (χ2v) is 2.98. The molecule has 1 amide bonds. The number of hydrazine groups is 1. The Bertz CT molecular complexity index is 362. The zero-order valence-corrected chi connectivity index (χ0v) is 8.01. The van der Waals surface area contributed by atoms with E-state index in [1.54, 1.807) is 0 Å². The third-order valence-electron chi connectivity index (χ3n) is 1.77. The number of rotatable bonds is 3. The van der Waals surface area contributed by atoms with Crippen molar-refractivity contribution in [1.29, 1.82) is 0 Å². The van der Waals surface area contributed by atoms with Crippen molar-refractivity contribution >= 4 is 6.09 Å². The summed E-state index contributed by atoms with van der Waals surface area (Å²) in [5, 5.41) is 8.22. The maximum atomic E-state index is 12.2. The predicted octanol–water partition coefficient (Wildman–Crippen LogP) is 1.98. The monoisotopic (exact) mass is 234 g/mol. The average molecular weight is 234 g/mol. The minimum absolute atomic E-state index is 0.116. The van der Waals surface area contributed by atoms with Gasteiger partial charge in [0.2, 0.25) is 0 Å². The second kappa shape index (κ2) is 4.84. The van der Waals surface area contributed by atoms with E-state index in [2.05, 4.69) is 5.43 Å². The summed E-state index contributed by atoms with van der Waals surface area (Å²) in [7, 11) is 0. The molecule has 0 unspecified atom stereocenters. The highest BCUT2D eigenvalue weighted by atomic mass is 19.4. The number of carboxylic acid groups (broad SMARTS) is 1. The Morgan fingerprint density at radius 3 is 2.25 bits per heavy atom. The molecule has 0 aliphatic carbocycles. The van der Waals surface area contributed by atoms with Gasteiger partial charge in [-0.15, -0.1) is 0 Å². The molecule has 88 valence electrons. The quantitative estimate of drug-likeness (QED) is 0.701. The van der Waals surface area contributed by atoms with Gasteiger partial charge >= 0.3 is 12.3 Å². The Morgan fingerprint density at radius 2 is 1.81 bits per heavy atom. The largest absolute Gasteiger partial charge is 0.464 e. The number of benzene rings is 1. The second-order valence-electron chi connectivity index (χ2n) is 2.98. The lowest BCUT2D eigenvalue weighted by atomic mass is 10.1. The molecule has 0 saturated carbocycles. The highest BCUT2D eigenvalue weighted by molar-refractivity contribution is 5.63. The van der Waals surface area contributed by atoms with Crippen LogP contribution in [0.1, 0.15) is 11.1 Å². The number of amides is 1. The smallest absolute Gasteiger partial charge is 0.419 e. The molecule has 1 aromatic rings. The molecule has 0 heterocycles. The summed E-state index contributed by atoms with van der Waals surface area (Å²) >= 11 is 0. The molecule has 3 N–H and O–H groups in total. The van der Waals surface area contributed by atoms with E-state index in [4.69, 9.17) is 5.11 Å². The first-order valence-corrected chi connectivity index (χ1v) is 4.27. The topological polar surface area (TPSA) is 61.4 Å². The van der Waals surface area contributed by atoms with Crippen LogP contribution >= 0.6 is 0 Å². The van der Waals surface area contributed by atoms with Gasteiger partial charge in [0.05, 0.1) is 5.56 Å². The zero-order valence-electron chi connectivity index (χ0n) is 8.01. The van der Waals surface area contributed by atoms with E-state index >= 15 is 0 Å². The summed E-state index contributed by atoms with van der Waals surface area (Å²) in [4.78, 5) is 10.1. The van der Waals surface area contributed by atoms with Crippen LogP contribution in [0.3, 0.4) is 0 Å². The SMILES string of the molecule is O=C(O)NNCc1ccc(C(F)(F)F)cc1. The summed E-state index contributed by atoms with van der Waals surface area (Å²) in [6, 6.07) is 4.44. The number of nitrogens with one attached hydrogen (secondary N) is 2. The molecule has 16 heavy (non-hydrogen) atoms. The molecule has 0 aromatic heterocycles. The molecular formula is C9H9F3N2O2. The number of carbonyl (C=O) groups is 1. The Balaban J connectivity index is 2.55. The zero-order chi connectivity index (χ0) is 12.2. The number of hydrogen-bond acceptors (Lipinski definition) is 2. The third-order valence-corrected chi connectivity index (χ3v) is 1.77. The van der Waals surface area contributed by atoms with Gasteiger partial charge in [0.15, 0.2) is 0 Å². The number of hydrogen-bond donors (Lipinski definition) is 3. The van der Waals surface area contributed by atoms with Crippen molar-refractivity contribution in [2.75, 3.05) is 0 Å². The van der Waals surface area contributed by atoms with Gasteiger partial charge in [0, 0.05) is 6.54 Å². The van der Waals surface area contributed by atoms with Crippen LogP contribution in [0, 0.1) is 0 Å². The van der Waals surface area contributed by atoms with Crippen molar-refractivity contribution in [3.63, 3.8) is 0 Å². The number of halogens is 3. The van der Waals surface area contributed by atoms with Crippen molar-refractivity contribution in [3.8, 4) is 0 Å². The minimum Gasteiger partial charge on any atom is -0.464 e. The van der Waals surface area contributed by atoms with Crippen LogP contribution in [0.25, 0.3) is 0 Å². The predicted molar refractivity (Wildman–Crippen MR) is 49.4 cm³/mol. The summed E-state index contributed by atoms with van der Waals surface area (Å²) in [6.07, 6.45) is -5.61. The summed E-state index contributed by atoms with van der Waals surface area (Å²) < 4.78 is 36.5. The molecule has 0 aliphatic heterocycles. The Kier molecular flexibility index (Phi) is 3.73. The molecular weight excluding hydrogens is 225 g/mol. The maximum Gasteiger partial charge on any atom is 0.419 e. The Morgan fingerprint density at radius 1 is 1.25 bits per heavy atom. The van der Waals surface area contributed by atoms with E-state index in [0.717, 1.165) is 12.1 Å². The van der Waals surface area contributed by atoms with Crippen molar-refractivity contribution in [1.82, 2.24) is 10.9 Å². The molecule has 7 heteroatoms. The van der Waals surface area contributed by atoms with E-state index in [0.29, 0.717) is 5.56 Å². The molecule has 0 spiro atoms. The summed E-state index contributed by atoms with van der Waals surface area (Å²) in [5.41, 5.74) is 4.02. The molecule has 1 aromatic carbocycles. The van der Waals surface area contributed by atoms with Crippen LogP contribution in [0.4, 0.5) is 18.0 Å². The van der Waals surface area contributed by atoms with Crippen LogP contribution < -0.4 is 10.9 Å². The molecule has 0 bridgehead atoms. The van der Waals surface area contributed by atoms with Crippen LogP contribution in [-0.4, -0.2) is 11.2 Å². The molecule has 0 saturated heterocycles. The van der Waals surface area contributed by atoms with Gasteiger partial charge < -0.3 is 5.11 Å². The Hall–Kier alpha value is -1.76. The van der Waals surface area contributed by atoms with Gasteiger partial charge in [-0.2, -0.15) is 13.2 Å². The minimum atomic E-state index is -4.36. The summed E-state index contributed by atoms with van der Waals surface area (Å²) in [5.74, 6) is 0. The first-order valence-electron chi connectivity index (χ1n) is 4.27. The third kappa shape index (κ3) is 3.77. The standard InChI is InChI=1S/C9H9F3N2O2/c10-9(11,12)7-3-1-6(2-4-7)5-13-14-8(15)16/h1-4,13-14H,5H2,(H,15,16). The van der Waals surface area contributed by atoms with Crippen LogP contribution in [0.2, 0.25) is 0 Å². The van der Waals surface area contributed by atoms with Crippen LogP contribution in [0.5, 0.6) is 0 Å². The van der Waals surface area contributed by atoms with E-state index in [1.807, 2.05) is 5.43 Å². The first-order chi connectivity index (χ1) is 7.39. The lowest BCUT2D eigenvalue weighted by molar-refractivity contribution is -0.137. The lowest BCUT2D eigenvalue weighted by Gasteiger charge is -2.08. The van der Waals surface area contributed by atoms with Crippen molar-refractivity contribution < 1.29 is 23.1 Å². The fraction of sp³-hybridized carbons (Fsp3) is 0.222. The van der Waals surface area contributed by atoms with Crippen LogP contribution in [0.15, 0.2) is 24.3 Å². The molecule has 0 fully saturated rings. The van der Waals surface area contributed by atoms with Crippen molar-refractivity contribution in [2.24, 2.45) is 0 Å². The molecule has 0 aliphatic rings. The highest BCUT2D eigenvalue weighted by Crippen LogP contribution is 2.28. The molecule has 4 nitrogen and oxygen atoms in total. The fourth-order valence-electron chi connectivity index (χ4n) is 1.03. The number of alkyl halides is 3. The van der Waals surface area contributed by atoms with Gasteiger partial charge in [-0.3, -0.25) is 5.43 Å². The molecule has 0 atom stereocenters. The van der Waals surface area contributed by atoms with Crippen LogP contribution in [-0.2, 0) is 12.7 Å². The lowest BCUT2D eigenvalue weighted by Crippen LogP contribution is -2.35. The molecule has 1 rings (SSSR count).